The van der Waals surface area contributed by atoms with Gasteiger partial charge in [-0.25, -0.2) is 9.97 Å². The first kappa shape index (κ1) is 11.2. The van der Waals surface area contributed by atoms with E-state index < -0.39 is 0 Å². The molecule has 1 N–H and O–H groups in total. The van der Waals surface area contributed by atoms with Crippen LogP contribution >= 0.6 is 11.6 Å². The summed E-state index contributed by atoms with van der Waals surface area (Å²) in [5.41, 5.74) is 1.49. The summed E-state index contributed by atoms with van der Waals surface area (Å²) in [5, 5.41) is 7.86. The number of nitrogens with one attached hydrogen (secondary N) is 1. The van der Waals surface area contributed by atoms with Crippen molar-refractivity contribution in [3.8, 4) is 0 Å². The summed E-state index contributed by atoms with van der Waals surface area (Å²) in [7, 11) is 0. The van der Waals surface area contributed by atoms with Gasteiger partial charge >= 0.3 is 0 Å². The lowest BCUT2D eigenvalue weighted by Gasteiger charge is -2.05. The molecular weight excluding hydrogens is 252 g/mol. The Morgan fingerprint density at radius 1 is 1.39 bits per heavy atom. The van der Waals surface area contributed by atoms with Crippen molar-refractivity contribution in [3.05, 3.63) is 35.4 Å². The Labute approximate surface area is 108 Å². The van der Waals surface area contributed by atoms with E-state index in [-0.39, 0.29) is 5.28 Å². The lowest BCUT2D eigenvalue weighted by Crippen LogP contribution is -2.04. The summed E-state index contributed by atoms with van der Waals surface area (Å²) in [5.74, 6) is 0.953. The maximum absolute atomic E-state index is 5.90. The monoisotopic (exact) mass is 262 g/mol. The third kappa shape index (κ3) is 1.84. The molecule has 0 radical (unpaired) electrons. The van der Waals surface area contributed by atoms with Gasteiger partial charge in [0.05, 0.1) is 17.3 Å². The fourth-order valence-corrected chi connectivity index (χ4v) is 2.13. The van der Waals surface area contributed by atoms with Gasteiger partial charge in [-0.3, -0.25) is 5.10 Å². The Morgan fingerprint density at radius 2 is 2.28 bits per heavy atom. The number of H-pyrrole nitrogens is 1. The number of aromatic amines is 1. The fraction of sp³-hybridized carbons (Fsp3) is 0.273. The van der Waals surface area contributed by atoms with Crippen LogP contribution in [0.3, 0.4) is 0 Å². The Kier molecular flexibility index (Phi) is 2.71. The van der Waals surface area contributed by atoms with Crippen LogP contribution in [0, 0.1) is 0 Å². The van der Waals surface area contributed by atoms with E-state index in [4.69, 9.17) is 11.6 Å². The fourth-order valence-electron chi connectivity index (χ4n) is 1.94. The molecule has 18 heavy (non-hydrogen) atoms. The van der Waals surface area contributed by atoms with E-state index >= 15 is 0 Å². The van der Waals surface area contributed by atoms with Crippen LogP contribution in [0.4, 0.5) is 0 Å². The van der Waals surface area contributed by atoms with E-state index in [1.165, 1.54) is 0 Å². The SMILES string of the molecule is CCn1ccnc1Cc1nc(Cl)nc2[nH]ncc12. The van der Waals surface area contributed by atoms with Crippen LogP contribution in [-0.4, -0.2) is 29.7 Å². The highest BCUT2D eigenvalue weighted by molar-refractivity contribution is 6.28. The Hall–Kier alpha value is -1.95. The number of fused-ring (bicyclic) bond motifs is 1. The zero-order chi connectivity index (χ0) is 12.5. The van der Waals surface area contributed by atoms with E-state index in [1.54, 1.807) is 12.4 Å². The largest absolute Gasteiger partial charge is 0.335 e. The zero-order valence-electron chi connectivity index (χ0n) is 9.76. The summed E-state index contributed by atoms with van der Waals surface area (Å²) in [6.07, 6.45) is 6.05. The Balaban J connectivity index is 2.06. The summed E-state index contributed by atoms with van der Waals surface area (Å²) in [6, 6.07) is 0. The van der Waals surface area contributed by atoms with Crippen molar-refractivity contribution in [1.82, 2.24) is 29.7 Å². The van der Waals surface area contributed by atoms with Gasteiger partial charge < -0.3 is 4.57 Å². The topological polar surface area (TPSA) is 72.3 Å². The van der Waals surface area contributed by atoms with E-state index in [9.17, 15) is 0 Å². The zero-order valence-corrected chi connectivity index (χ0v) is 10.5. The molecule has 0 aliphatic carbocycles. The normalized spacial score (nSPS) is 11.2. The van der Waals surface area contributed by atoms with Crippen molar-refractivity contribution >= 4 is 22.6 Å². The van der Waals surface area contributed by atoms with Crippen LogP contribution in [0.1, 0.15) is 18.4 Å². The summed E-state index contributed by atoms with van der Waals surface area (Å²) in [4.78, 5) is 12.7. The van der Waals surface area contributed by atoms with Crippen molar-refractivity contribution < 1.29 is 0 Å². The van der Waals surface area contributed by atoms with Crippen molar-refractivity contribution in [2.45, 2.75) is 19.9 Å². The number of rotatable bonds is 3. The standard InChI is InChI=1S/C11H11ClN6/c1-2-18-4-3-13-9(18)5-8-7-6-14-17-10(7)16-11(12)15-8/h3-4,6H,2,5H2,1H3,(H,14,15,16,17). The van der Waals surface area contributed by atoms with Gasteiger partial charge in [-0.1, -0.05) is 0 Å². The highest BCUT2D eigenvalue weighted by Gasteiger charge is 2.11. The lowest BCUT2D eigenvalue weighted by atomic mass is 10.2. The number of imidazole rings is 1. The first-order valence-electron chi connectivity index (χ1n) is 5.63. The second-order valence-electron chi connectivity index (χ2n) is 3.88. The molecule has 92 valence electrons. The van der Waals surface area contributed by atoms with Gasteiger partial charge in [-0.05, 0) is 18.5 Å². The van der Waals surface area contributed by atoms with Crippen molar-refractivity contribution in [2.75, 3.05) is 0 Å². The molecule has 0 aromatic carbocycles. The summed E-state index contributed by atoms with van der Waals surface area (Å²) < 4.78 is 2.07. The Bertz CT molecular complexity index is 686. The molecule has 0 unspecified atom stereocenters. The minimum Gasteiger partial charge on any atom is -0.335 e. The minimum atomic E-state index is 0.219. The minimum absolute atomic E-state index is 0.219. The van der Waals surface area contributed by atoms with E-state index in [2.05, 4.69) is 36.6 Å². The molecule has 0 saturated heterocycles. The van der Waals surface area contributed by atoms with E-state index in [1.807, 2.05) is 6.20 Å². The van der Waals surface area contributed by atoms with E-state index in [0.717, 1.165) is 23.4 Å². The average molecular weight is 263 g/mol. The molecule has 0 saturated carbocycles. The van der Waals surface area contributed by atoms with Gasteiger partial charge in [0.15, 0.2) is 5.65 Å². The van der Waals surface area contributed by atoms with Crippen LogP contribution in [0.2, 0.25) is 5.28 Å². The molecule has 6 nitrogen and oxygen atoms in total. The molecule has 0 amide bonds. The molecule has 0 aliphatic rings. The van der Waals surface area contributed by atoms with Crippen molar-refractivity contribution in [1.29, 1.82) is 0 Å². The second kappa shape index (κ2) is 4.38. The molecule has 0 atom stereocenters. The van der Waals surface area contributed by atoms with Gasteiger partial charge in [0, 0.05) is 25.4 Å². The van der Waals surface area contributed by atoms with Crippen LogP contribution in [0.5, 0.6) is 0 Å². The van der Waals surface area contributed by atoms with Gasteiger partial charge in [-0.2, -0.15) is 10.1 Å². The number of halogens is 1. The van der Waals surface area contributed by atoms with Crippen molar-refractivity contribution in [3.63, 3.8) is 0 Å². The predicted octanol–water partition coefficient (Wildman–Crippen LogP) is 1.81. The molecule has 3 heterocycles. The number of hydrogen-bond acceptors (Lipinski definition) is 4. The number of aryl methyl sites for hydroxylation is 1. The van der Waals surface area contributed by atoms with Crippen LogP contribution in [-0.2, 0) is 13.0 Å². The molecule has 7 heteroatoms. The van der Waals surface area contributed by atoms with Crippen molar-refractivity contribution in [2.24, 2.45) is 0 Å². The van der Waals surface area contributed by atoms with Crippen LogP contribution in [0.15, 0.2) is 18.6 Å². The highest BCUT2D eigenvalue weighted by atomic mass is 35.5. The maximum Gasteiger partial charge on any atom is 0.224 e. The van der Waals surface area contributed by atoms with Gasteiger partial charge in [0.25, 0.3) is 0 Å². The van der Waals surface area contributed by atoms with E-state index in [0.29, 0.717) is 12.1 Å². The molecule has 0 spiro atoms. The predicted molar refractivity (Wildman–Crippen MR) is 67.4 cm³/mol. The van der Waals surface area contributed by atoms with Gasteiger partial charge in [0.2, 0.25) is 5.28 Å². The molecule has 0 aliphatic heterocycles. The molecule has 0 bridgehead atoms. The number of aromatic nitrogens is 6. The lowest BCUT2D eigenvalue weighted by molar-refractivity contribution is 0.709. The number of hydrogen-bond donors (Lipinski definition) is 1. The molecule has 3 aromatic heterocycles. The molecular formula is C11H11ClN6. The van der Waals surface area contributed by atoms with Crippen LogP contribution in [0.25, 0.3) is 11.0 Å². The van der Waals surface area contributed by atoms with Crippen LogP contribution < -0.4 is 0 Å². The number of nitrogens with zero attached hydrogens (tertiary/aromatic N) is 5. The Morgan fingerprint density at radius 3 is 3.11 bits per heavy atom. The molecule has 3 aromatic rings. The molecule has 0 fully saturated rings. The quantitative estimate of drug-likeness (QED) is 0.731. The smallest absolute Gasteiger partial charge is 0.224 e. The first-order chi connectivity index (χ1) is 8.78. The third-order valence-corrected chi connectivity index (χ3v) is 3.00. The second-order valence-corrected chi connectivity index (χ2v) is 4.22. The molecule has 3 rings (SSSR count). The van der Waals surface area contributed by atoms with Gasteiger partial charge in [-0.15, -0.1) is 0 Å². The maximum atomic E-state index is 5.90. The van der Waals surface area contributed by atoms with Gasteiger partial charge in [0.1, 0.15) is 5.82 Å². The first-order valence-corrected chi connectivity index (χ1v) is 6.01. The summed E-state index contributed by atoms with van der Waals surface area (Å²) >= 11 is 5.90. The third-order valence-electron chi connectivity index (χ3n) is 2.83. The summed E-state index contributed by atoms with van der Waals surface area (Å²) in [6.45, 7) is 2.95. The highest BCUT2D eigenvalue weighted by Crippen LogP contribution is 2.18. The average Bonchev–Trinajstić information content (AvgIpc) is 2.96.